The van der Waals surface area contributed by atoms with Gasteiger partial charge in [-0.25, -0.2) is 9.38 Å². The van der Waals surface area contributed by atoms with E-state index in [4.69, 9.17) is 16.2 Å². The molecule has 1 aliphatic rings. The van der Waals surface area contributed by atoms with E-state index in [1.165, 1.54) is 0 Å². The number of amides is 1. The topological polar surface area (TPSA) is 90.7 Å². The Morgan fingerprint density at radius 2 is 2.05 bits per heavy atom. The molecule has 1 aliphatic heterocycles. The van der Waals surface area contributed by atoms with Crippen molar-refractivity contribution in [2.24, 2.45) is 16.5 Å². The highest BCUT2D eigenvalue weighted by atomic mass is 19.4. The number of nitrogens with zero attached hydrogens (tertiary/aromatic N) is 1. The first-order valence-electron chi connectivity index (χ1n) is 5.76. The van der Waals surface area contributed by atoms with E-state index in [2.05, 4.69) is 4.99 Å². The third-order valence-electron chi connectivity index (χ3n) is 3.06. The van der Waals surface area contributed by atoms with Crippen molar-refractivity contribution in [1.82, 2.24) is 0 Å². The van der Waals surface area contributed by atoms with Gasteiger partial charge in [-0.2, -0.15) is 13.2 Å². The van der Waals surface area contributed by atoms with Gasteiger partial charge < -0.3 is 16.2 Å². The van der Waals surface area contributed by atoms with Crippen LogP contribution in [0, 0.1) is 5.82 Å². The zero-order chi connectivity index (χ0) is 15.8. The predicted molar refractivity (Wildman–Crippen MR) is 65.1 cm³/mol. The van der Waals surface area contributed by atoms with Gasteiger partial charge in [-0.05, 0) is 18.2 Å². The molecule has 0 spiro atoms. The average molecular weight is 305 g/mol. The van der Waals surface area contributed by atoms with Crippen molar-refractivity contribution in [3.05, 3.63) is 35.1 Å². The Morgan fingerprint density at radius 1 is 1.38 bits per heavy atom. The molecule has 1 unspecified atom stereocenters. The molecule has 1 amide bonds. The molecule has 5 nitrogen and oxygen atoms in total. The molecule has 0 aromatic heterocycles. The number of carbonyl (C=O) groups excluding carboxylic acids is 1. The quantitative estimate of drug-likeness (QED) is 0.801. The van der Waals surface area contributed by atoms with Crippen molar-refractivity contribution in [2.75, 3.05) is 13.2 Å². The van der Waals surface area contributed by atoms with Crippen LogP contribution >= 0.6 is 0 Å². The summed E-state index contributed by atoms with van der Waals surface area (Å²) in [6.07, 6.45) is -4.96. The zero-order valence-electron chi connectivity index (χ0n) is 10.6. The van der Waals surface area contributed by atoms with Gasteiger partial charge in [0.25, 0.3) is 0 Å². The van der Waals surface area contributed by atoms with Crippen LogP contribution in [0.1, 0.15) is 15.9 Å². The summed E-state index contributed by atoms with van der Waals surface area (Å²) in [4.78, 5) is 14.5. The summed E-state index contributed by atoms with van der Waals surface area (Å²) in [5, 5.41) is 0. The largest absolute Gasteiger partial charge is 0.420 e. The van der Waals surface area contributed by atoms with E-state index in [0.29, 0.717) is 0 Å². The normalized spacial score (nSPS) is 22.8. The van der Waals surface area contributed by atoms with Crippen LogP contribution in [0.3, 0.4) is 0 Å². The van der Waals surface area contributed by atoms with Crippen LogP contribution in [0.15, 0.2) is 23.2 Å². The second-order valence-electron chi connectivity index (χ2n) is 4.51. The highest BCUT2D eigenvalue weighted by molar-refractivity contribution is 5.93. The summed E-state index contributed by atoms with van der Waals surface area (Å²) < 4.78 is 59.0. The Balaban J connectivity index is 2.71. The van der Waals surface area contributed by atoms with Gasteiger partial charge in [0.05, 0.1) is 6.61 Å². The van der Waals surface area contributed by atoms with E-state index in [1.54, 1.807) is 0 Å². The number of hydrogen-bond donors (Lipinski definition) is 2. The van der Waals surface area contributed by atoms with Crippen LogP contribution < -0.4 is 11.5 Å². The molecule has 0 fully saturated rings. The van der Waals surface area contributed by atoms with Crippen molar-refractivity contribution in [2.45, 2.75) is 11.7 Å². The lowest BCUT2D eigenvalue weighted by molar-refractivity contribution is -0.205. The Kier molecular flexibility index (Phi) is 3.62. The predicted octanol–water partition coefficient (Wildman–Crippen LogP) is 1.07. The smallest absolute Gasteiger partial charge is 0.385 e. The van der Waals surface area contributed by atoms with Crippen molar-refractivity contribution in [3.8, 4) is 0 Å². The maximum absolute atomic E-state index is 13.9. The number of nitrogens with two attached hydrogens (primary N) is 2. The summed E-state index contributed by atoms with van der Waals surface area (Å²) in [5.74, 6) is -2.58. The zero-order valence-corrected chi connectivity index (χ0v) is 10.6. The number of amidine groups is 1. The van der Waals surface area contributed by atoms with Gasteiger partial charge in [0.2, 0.25) is 11.4 Å². The highest BCUT2D eigenvalue weighted by Crippen LogP contribution is 2.45. The van der Waals surface area contributed by atoms with Crippen molar-refractivity contribution >= 4 is 11.7 Å². The third kappa shape index (κ3) is 2.56. The minimum Gasteiger partial charge on any atom is -0.385 e. The number of benzene rings is 1. The van der Waals surface area contributed by atoms with E-state index in [1.807, 2.05) is 0 Å². The van der Waals surface area contributed by atoms with Crippen LogP contribution in [0.2, 0.25) is 0 Å². The second-order valence-corrected chi connectivity index (χ2v) is 4.51. The molecular weight excluding hydrogens is 294 g/mol. The average Bonchev–Trinajstić information content (AvgIpc) is 2.37. The van der Waals surface area contributed by atoms with Crippen LogP contribution in [0.5, 0.6) is 0 Å². The van der Waals surface area contributed by atoms with Crippen molar-refractivity contribution < 1.29 is 27.1 Å². The van der Waals surface area contributed by atoms with Gasteiger partial charge in [0, 0.05) is 11.1 Å². The number of rotatable bonds is 2. The van der Waals surface area contributed by atoms with E-state index in [-0.39, 0.29) is 12.2 Å². The molecule has 1 heterocycles. The molecule has 21 heavy (non-hydrogen) atoms. The summed E-state index contributed by atoms with van der Waals surface area (Å²) in [6.45, 7) is -1.22. The molecule has 0 bridgehead atoms. The van der Waals surface area contributed by atoms with Gasteiger partial charge in [0.15, 0.2) is 0 Å². The standard InChI is InChI=1S/C12H11F4N3O2/c13-8-2-1-6(10(18)20)3-7(8)11(12(14,15)16)5-21-4-9(17)19-11/h1-3H,4-5H2,(H2,17,19)(H2,18,20). The third-order valence-corrected chi connectivity index (χ3v) is 3.06. The maximum Gasteiger partial charge on any atom is 0.420 e. The fourth-order valence-corrected chi connectivity index (χ4v) is 2.04. The van der Waals surface area contributed by atoms with E-state index in [9.17, 15) is 22.4 Å². The van der Waals surface area contributed by atoms with E-state index >= 15 is 0 Å². The molecule has 0 saturated heterocycles. The highest BCUT2D eigenvalue weighted by Gasteiger charge is 2.59. The Hall–Kier alpha value is -2.16. The number of hydrogen-bond acceptors (Lipinski definition) is 4. The molecule has 4 N–H and O–H groups in total. The Morgan fingerprint density at radius 3 is 2.57 bits per heavy atom. The summed E-state index contributed by atoms with van der Waals surface area (Å²) in [5.41, 5.74) is 6.19. The number of ether oxygens (including phenoxy) is 1. The van der Waals surface area contributed by atoms with E-state index < -0.39 is 41.4 Å². The first-order valence-corrected chi connectivity index (χ1v) is 5.76. The molecule has 0 aliphatic carbocycles. The minimum absolute atomic E-state index is 0.269. The van der Waals surface area contributed by atoms with Gasteiger partial charge in [-0.15, -0.1) is 0 Å². The van der Waals surface area contributed by atoms with Gasteiger partial charge in [0.1, 0.15) is 18.3 Å². The first kappa shape index (κ1) is 15.2. The monoisotopic (exact) mass is 305 g/mol. The van der Waals surface area contributed by atoms with Gasteiger partial charge in [-0.1, -0.05) is 0 Å². The van der Waals surface area contributed by atoms with Gasteiger partial charge in [-0.3, -0.25) is 4.79 Å². The number of halogens is 4. The molecular formula is C12H11F4N3O2. The summed E-state index contributed by atoms with van der Waals surface area (Å²) >= 11 is 0. The van der Waals surface area contributed by atoms with Crippen LogP contribution in [-0.4, -0.2) is 31.1 Å². The molecule has 2 rings (SSSR count). The van der Waals surface area contributed by atoms with E-state index in [0.717, 1.165) is 18.2 Å². The molecule has 1 atom stereocenters. The summed E-state index contributed by atoms with van der Waals surface area (Å²) in [6, 6.07) is 2.43. The van der Waals surface area contributed by atoms with Gasteiger partial charge >= 0.3 is 6.18 Å². The van der Waals surface area contributed by atoms with Crippen molar-refractivity contribution in [1.29, 1.82) is 0 Å². The molecule has 0 radical (unpaired) electrons. The Labute approximate surface area is 116 Å². The van der Waals surface area contributed by atoms with Crippen LogP contribution in [-0.2, 0) is 10.3 Å². The lowest BCUT2D eigenvalue weighted by atomic mass is 9.88. The number of primary amides is 1. The second kappa shape index (κ2) is 4.99. The lowest BCUT2D eigenvalue weighted by Gasteiger charge is -2.35. The minimum atomic E-state index is -4.96. The number of aliphatic imine (C=N–C) groups is 1. The fraction of sp³-hybridized carbons (Fsp3) is 0.333. The maximum atomic E-state index is 13.9. The number of alkyl halides is 3. The molecule has 114 valence electrons. The molecule has 1 aromatic carbocycles. The molecule has 9 heteroatoms. The number of carbonyl (C=O) groups is 1. The van der Waals surface area contributed by atoms with Crippen molar-refractivity contribution in [3.63, 3.8) is 0 Å². The molecule has 0 saturated carbocycles. The molecule has 1 aromatic rings. The lowest BCUT2D eigenvalue weighted by Crippen LogP contribution is -2.50. The van der Waals surface area contributed by atoms with Crippen LogP contribution in [0.25, 0.3) is 0 Å². The SMILES string of the molecule is NC(=O)c1ccc(F)c(C2(C(F)(F)F)COCC(N)=N2)c1. The summed E-state index contributed by atoms with van der Waals surface area (Å²) in [7, 11) is 0. The Bertz CT molecular complexity index is 615. The fourth-order valence-electron chi connectivity index (χ4n) is 2.04. The first-order chi connectivity index (χ1) is 9.67. The van der Waals surface area contributed by atoms with Crippen LogP contribution in [0.4, 0.5) is 17.6 Å².